The Morgan fingerprint density at radius 1 is 1.58 bits per heavy atom. The molecule has 0 saturated carbocycles. The van der Waals surface area contributed by atoms with Crippen LogP contribution in [0.4, 0.5) is 5.69 Å². The van der Waals surface area contributed by atoms with Gasteiger partial charge in [-0.1, -0.05) is 6.07 Å². The Morgan fingerprint density at radius 2 is 2.37 bits per heavy atom. The van der Waals surface area contributed by atoms with E-state index in [1.807, 2.05) is 0 Å². The molecule has 1 amide bonds. The summed E-state index contributed by atoms with van der Waals surface area (Å²) in [5.41, 5.74) is 1.15. The molecule has 0 saturated heterocycles. The van der Waals surface area contributed by atoms with Crippen molar-refractivity contribution in [3.8, 4) is 5.75 Å². The van der Waals surface area contributed by atoms with Crippen LogP contribution < -0.4 is 10.1 Å². The topological polar surface area (TPSA) is 84.9 Å². The van der Waals surface area contributed by atoms with Gasteiger partial charge in [-0.05, 0) is 24.1 Å². The molecule has 1 aliphatic rings. The normalized spacial score (nSPS) is 14.9. The summed E-state index contributed by atoms with van der Waals surface area (Å²) in [6.07, 6.45) is -0.388. The SMILES string of the molecule is COC(=O)CCC(O)c1ccc2c(c1)NC(=O)CO2. The highest BCUT2D eigenvalue weighted by Gasteiger charge is 2.18. The molecule has 1 unspecified atom stereocenters. The van der Waals surface area contributed by atoms with Crippen LogP contribution in [0.3, 0.4) is 0 Å². The van der Waals surface area contributed by atoms with Crippen molar-refractivity contribution in [2.75, 3.05) is 19.0 Å². The van der Waals surface area contributed by atoms with Gasteiger partial charge in [-0.15, -0.1) is 0 Å². The summed E-state index contributed by atoms with van der Waals surface area (Å²) in [6, 6.07) is 5.04. The first kappa shape index (κ1) is 13.4. The zero-order valence-electron chi connectivity index (χ0n) is 10.5. The van der Waals surface area contributed by atoms with E-state index in [0.717, 1.165) is 0 Å². The van der Waals surface area contributed by atoms with Crippen LogP contribution in [-0.4, -0.2) is 30.7 Å². The van der Waals surface area contributed by atoms with Gasteiger partial charge in [0.25, 0.3) is 5.91 Å². The highest BCUT2D eigenvalue weighted by atomic mass is 16.5. The predicted molar refractivity (Wildman–Crippen MR) is 66.8 cm³/mol. The zero-order chi connectivity index (χ0) is 13.8. The monoisotopic (exact) mass is 265 g/mol. The highest BCUT2D eigenvalue weighted by Crippen LogP contribution is 2.31. The lowest BCUT2D eigenvalue weighted by Gasteiger charge is -2.19. The molecule has 6 nitrogen and oxygen atoms in total. The van der Waals surface area contributed by atoms with Gasteiger partial charge < -0.3 is 19.9 Å². The van der Waals surface area contributed by atoms with Crippen LogP contribution in [0.2, 0.25) is 0 Å². The van der Waals surface area contributed by atoms with E-state index >= 15 is 0 Å². The molecule has 1 aliphatic heterocycles. The Hall–Kier alpha value is -2.08. The molecule has 102 valence electrons. The average molecular weight is 265 g/mol. The van der Waals surface area contributed by atoms with Crippen LogP contribution in [0.15, 0.2) is 18.2 Å². The third-order valence-electron chi connectivity index (χ3n) is 2.87. The number of methoxy groups -OCH3 is 1. The molecule has 1 aromatic carbocycles. The van der Waals surface area contributed by atoms with E-state index in [0.29, 0.717) is 17.0 Å². The van der Waals surface area contributed by atoms with Gasteiger partial charge in [0, 0.05) is 6.42 Å². The summed E-state index contributed by atoms with van der Waals surface area (Å²) in [7, 11) is 1.31. The van der Waals surface area contributed by atoms with E-state index in [-0.39, 0.29) is 31.3 Å². The predicted octanol–water partition coefficient (Wildman–Crippen LogP) is 1.00. The number of carbonyl (C=O) groups excluding carboxylic acids is 2. The molecule has 1 aromatic rings. The number of hydrogen-bond donors (Lipinski definition) is 2. The minimum absolute atomic E-state index is 0.00274. The van der Waals surface area contributed by atoms with E-state index in [2.05, 4.69) is 10.1 Å². The minimum Gasteiger partial charge on any atom is -0.482 e. The summed E-state index contributed by atoms with van der Waals surface area (Å²) in [6.45, 7) is -0.00274. The Morgan fingerprint density at radius 3 is 3.11 bits per heavy atom. The lowest BCUT2D eigenvalue weighted by atomic mass is 10.0. The Labute approximate surface area is 110 Å². The number of esters is 1. The van der Waals surface area contributed by atoms with E-state index in [1.54, 1.807) is 18.2 Å². The number of carbonyl (C=O) groups is 2. The number of anilines is 1. The fourth-order valence-electron chi connectivity index (χ4n) is 1.83. The first-order chi connectivity index (χ1) is 9.10. The minimum atomic E-state index is -0.789. The van der Waals surface area contributed by atoms with Gasteiger partial charge in [-0.25, -0.2) is 0 Å². The van der Waals surface area contributed by atoms with Gasteiger partial charge in [-0.2, -0.15) is 0 Å². The van der Waals surface area contributed by atoms with E-state index in [9.17, 15) is 14.7 Å². The van der Waals surface area contributed by atoms with Crippen LogP contribution in [-0.2, 0) is 14.3 Å². The van der Waals surface area contributed by atoms with Crippen molar-refractivity contribution in [3.63, 3.8) is 0 Å². The van der Waals surface area contributed by atoms with Crippen LogP contribution in [0.25, 0.3) is 0 Å². The van der Waals surface area contributed by atoms with Crippen LogP contribution in [0.1, 0.15) is 24.5 Å². The number of ether oxygens (including phenoxy) is 2. The molecule has 1 heterocycles. The first-order valence-electron chi connectivity index (χ1n) is 5.91. The zero-order valence-corrected chi connectivity index (χ0v) is 10.5. The number of hydrogen-bond acceptors (Lipinski definition) is 5. The molecule has 0 fully saturated rings. The van der Waals surface area contributed by atoms with Gasteiger partial charge in [0.1, 0.15) is 5.75 Å². The molecule has 0 aromatic heterocycles. The van der Waals surface area contributed by atoms with Crippen molar-refractivity contribution in [1.82, 2.24) is 0 Å². The summed E-state index contributed by atoms with van der Waals surface area (Å²) in [5, 5.41) is 12.6. The Kier molecular flexibility index (Phi) is 4.01. The van der Waals surface area contributed by atoms with E-state index < -0.39 is 6.10 Å². The van der Waals surface area contributed by atoms with Crippen molar-refractivity contribution in [3.05, 3.63) is 23.8 Å². The van der Waals surface area contributed by atoms with Gasteiger partial charge >= 0.3 is 5.97 Å². The number of fused-ring (bicyclic) bond motifs is 1. The second-order valence-electron chi connectivity index (χ2n) is 4.22. The molecule has 0 bridgehead atoms. The quantitative estimate of drug-likeness (QED) is 0.793. The van der Waals surface area contributed by atoms with Crippen molar-refractivity contribution in [1.29, 1.82) is 0 Å². The van der Waals surface area contributed by atoms with Crippen molar-refractivity contribution >= 4 is 17.6 Å². The lowest BCUT2D eigenvalue weighted by molar-refractivity contribution is -0.141. The summed E-state index contributed by atoms with van der Waals surface area (Å²) < 4.78 is 9.73. The molecular weight excluding hydrogens is 250 g/mol. The number of aliphatic hydroxyl groups is 1. The largest absolute Gasteiger partial charge is 0.482 e. The fourth-order valence-corrected chi connectivity index (χ4v) is 1.83. The fraction of sp³-hybridized carbons (Fsp3) is 0.385. The Balaban J connectivity index is 2.06. The summed E-state index contributed by atoms with van der Waals surface area (Å²) in [4.78, 5) is 22.2. The van der Waals surface area contributed by atoms with Crippen LogP contribution in [0.5, 0.6) is 5.75 Å². The van der Waals surface area contributed by atoms with Crippen molar-refractivity contribution < 1.29 is 24.2 Å². The number of rotatable bonds is 4. The molecule has 0 radical (unpaired) electrons. The van der Waals surface area contributed by atoms with Crippen molar-refractivity contribution in [2.45, 2.75) is 18.9 Å². The van der Waals surface area contributed by atoms with Gasteiger partial charge in [0.15, 0.2) is 6.61 Å². The van der Waals surface area contributed by atoms with Gasteiger partial charge in [0.05, 0.1) is 18.9 Å². The lowest BCUT2D eigenvalue weighted by Crippen LogP contribution is -2.25. The summed E-state index contributed by atoms with van der Waals surface area (Å²) in [5.74, 6) is -0.0223. The third kappa shape index (κ3) is 3.23. The molecular formula is C13H15NO5. The molecule has 2 N–H and O–H groups in total. The number of nitrogens with one attached hydrogen (secondary N) is 1. The van der Waals surface area contributed by atoms with Gasteiger partial charge in [-0.3, -0.25) is 9.59 Å². The molecule has 1 atom stereocenters. The molecule has 19 heavy (non-hydrogen) atoms. The molecule has 6 heteroatoms. The van der Waals surface area contributed by atoms with Gasteiger partial charge in [0.2, 0.25) is 0 Å². The van der Waals surface area contributed by atoms with Crippen LogP contribution >= 0.6 is 0 Å². The maximum Gasteiger partial charge on any atom is 0.305 e. The molecule has 2 rings (SSSR count). The third-order valence-corrected chi connectivity index (χ3v) is 2.87. The Bertz CT molecular complexity index is 500. The second kappa shape index (κ2) is 5.71. The van der Waals surface area contributed by atoms with E-state index in [1.165, 1.54) is 7.11 Å². The maximum atomic E-state index is 11.2. The number of benzene rings is 1. The molecule has 0 aliphatic carbocycles. The van der Waals surface area contributed by atoms with E-state index in [4.69, 9.17) is 4.74 Å². The maximum absolute atomic E-state index is 11.2. The number of aliphatic hydroxyl groups excluding tert-OH is 1. The average Bonchev–Trinajstić information content (AvgIpc) is 2.43. The molecule has 0 spiro atoms. The second-order valence-corrected chi connectivity index (χ2v) is 4.22. The smallest absolute Gasteiger partial charge is 0.305 e. The summed E-state index contributed by atoms with van der Waals surface area (Å²) >= 11 is 0. The van der Waals surface area contributed by atoms with Crippen LogP contribution in [0, 0.1) is 0 Å². The first-order valence-corrected chi connectivity index (χ1v) is 5.91. The van der Waals surface area contributed by atoms with Crippen molar-refractivity contribution in [2.24, 2.45) is 0 Å². The highest BCUT2D eigenvalue weighted by molar-refractivity contribution is 5.95. The standard InChI is InChI=1S/C13H15NO5/c1-18-13(17)5-3-10(15)8-2-4-11-9(6-8)14-12(16)7-19-11/h2,4,6,10,15H,3,5,7H2,1H3,(H,14,16). The number of amides is 1.